The van der Waals surface area contributed by atoms with Gasteiger partial charge < -0.3 is 5.32 Å². The van der Waals surface area contributed by atoms with E-state index in [2.05, 4.69) is 20.4 Å². The van der Waals surface area contributed by atoms with Gasteiger partial charge in [-0.1, -0.05) is 23.7 Å². The zero-order valence-corrected chi connectivity index (χ0v) is 14.6. The van der Waals surface area contributed by atoms with Crippen molar-refractivity contribution < 1.29 is 4.79 Å². The summed E-state index contributed by atoms with van der Waals surface area (Å²) in [4.78, 5) is 21.3. The molecule has 4 aromatic rings. The van der Waals surface area contributed by atoms with Crippen LogP contribution in [0.4, 0.5) is 5.69 Å². The van der Waals surface area contributed by atoms with E-state index in [1.165, 1.54) is 0 Å². The third-order valence-electron chi connectivity index (χ3n) is 3.85. The van der Waals surface area contributed by atoms with E-state index >= 15 is 0 Å². The number of nitrogens with one attached hydrogen (secondary N) is 1. The molecule has 0 radical (unpaired) electrons. The average Bonchev–Trinajstić information content (AvgIpc) is 3.07. The highest BCUT2D eigenvalue weighted by atomic mass is 35.5. The second kappa shape index (κ2) is 6.57. The Morgan fingerprint density at radius 3 is 2.73 bits per heavy atom. The number of fused-ring (bicyclic) bond motifs is 1. The number of amides is 1. The molecule has 1 amide bonds. The molecule has 0 fully saturated rings. The second-order valence-electron chi connectivity index (χ2n) is 5.76. The van der Waals surface area contributed by atoms with Crippen molar-refractivity contribution in [1.82, 2.24) is 19.6 Å². The van der Waals surface area contributed by atoms with Crippen molar-refractivity contribution in [2.75, 3.05) is 5.32 Å². The van der Waals surface area contributed by atoms with E-state index in [-0.39, 0.29) is 5.91 Å². The maximum absolute atomic E-state index is 12.5. The van der Waals surface area contributed by atoms with Crippen LogP contribution in [-0.2, 0) is 0 Å². The van der Waals surface area contributed by atoms with Crippen LogP contribution in [0.25, 0.3) is 17.0 Å². The van der Waals surface area contributed by atoms with Gasteiger partial charge in [0.25, 0.3) is 5.91 Å². The molecule has 0 aliphatic carbocycles. The lowest BCUT2D eigenvalue weighted by atomic mass is 10.2. The van der Waals surface area contributed by atoms with E-state index < -0.39 is 0 Å². The average molecular weight is 364 g/mol. The molecule has 4 rings (SSSR count). The van der Waals surface area contributed by atoms with Crippen LogP contribution in [0.5, 0.6) is 0 Å². The zero-order valence-electron chi connectivity index (χ0n) is 13.8. The van der Waals surface area contributed by atoms with E-state index in [1.807, 2.05) is 31.2 Å². The van der Waals surface area contributed by atoms with Gasteiger partial charge in [0.2, 0.25) is 0 Å². The highest BCUT2D eigenvalue weighted by Gasteiger charge is 2.14. The Balaban J connectivity index is 1.69. The molecular formula is C19H14ClN5O. The van der Waals surface area contributed by atoms with Crippen molar-refractivity contribution in [2.45, 2.75) is 6.92 Å². The van der Waals surface area contributed by atoms with Crippen LogP contribution in [0.3, 0.4) is 0 Å². The Morgan fingerprint density at radius 2 is 1.96 bits per heavy atom. The normalized spacial score (nSPS) is 10.8. The number of aryl methyl sites for hydroxylation is 1. The topological polar surface area (TPSA) is 72.2 Å². The lowest BCUT2D eigenvalue weighted by molar-refractivity contribution is 0.102. The van der Waals surface area contributed by atoms with Gasteiger partial charge >= 0.3 is 0 Å². The molecular weight excluding hydrogens is 350 g/mol. The molecule has 0 aliphatic heterocycles. The molecule has 0 atom stereocenters. The number of carbonyl (C=O) groups excluding carboxylic acids is 1. The van der Waals surface area contributed by atoms with Gasteiger partial charge in [0, 0.05) is 28.7 Å². The SMILES string of the molecule is Cc1cc(C(=O)Nc2cccc(Cl)c2)nc2cc(-c3ccccn3)nn12. The van der Waals surface area contributed by atoms with Crippen LogP contribution in [0.2, 0.25) is 5.02 Å². The summed E-state index contributed by atoms with van der Waals surface area (Å²) in [7, 11) is 0. The number of pyridine rings is 1. The molecule has 0 spiro atoms. The number of hydrogen-bond donors (Lipinski definition) is 1. The van der Waals surface area contributed by atoms with Gasteiger partial charge in [-0.2, -0.15) is 5.10 Å². The largest absolute Gasteiger partial charge is 0.321 e. The monoisotopic (exact) mass is 363 g/mol. The van der Waals surface area contributed by atoms with Gasteiger partial charge in [0.05, 0.1) is 5.69 Å². The lowest BCUT2D eigenvalue weighted by Gasteiger charge is -2.06. The van der Waals surface area contributed by atoms with Gasteiger partial charge in [0.15, 0.2) is 5.65 Å². The van der Waals surface area contributed by atoms with Crippen LogP contribution in [0, 0.1) is 6.92 Å². The number of rotatable bonds is 3. The Hall–Kier alpha value is -3.25. The second-order valence-corrected chi connectivity index (χ2v) is 6.20. The molecule has 3 aromatic heterocycles. The van der Waals surface area contributed by atoms with E-state index in [9.17, 15) is 4.79 Å². The third-order valence-corrected chi connectivity index (χ3v) is 4.08. The molecule has 1 aromatic carbocycles. The van der Waals surface area contributed by atoms with Crippen molar-refractivity contribution in [1.29, 1.82) is 0 Å². The zero-order chi connectivity index (χ0) is 18.1. The minimum atomic E-state index is -0.307. The van der Waals surface area contributed by atoms with E-state index in [0.717, 1.165) is 11.4 Å². The number of halogens is 1. The van der Waals surface area contributed by atoms with Crippen LogP contribution >= 0.6 is 11.6 Å². The third kappa shape index (κ3) is 3.14. The predicted molar refractivity (Wildman–Crippen MR) is 100 cm³/mol. The summed E-state index contributed by atoms with van der Waals surface area (Å²) < 4.78 is 1.69. The highest BCUT2D eigenvalue weighted by molar-refractivity contribution is 6.30. The Labute approximate surface area is 154 Å². The number of nitrogens with zero attached hydrogens (tertiary/aromatic N) is 4. The first-order chi connectivity index (χ1) is 12.6. The van der Waals surface area contributed by atoms with Crippen molar-refractivity contribution in [3.05, 3.63) is 77.2 Å². The number of carbonyl (C=O) groups is 1. The van der Waals surface area contributed by atoms with Crippen molar-refractivity contribution >= 4 is 28.8 Å². The number of aromatic nitrogens is 4. The van der Waals surface area contributed by atoms with Crippen LogP contribution < -0.4 is 5.32 Å². The van der Waals surface area contributed by atoms with Crippen LogP contribution in [0.15, 0.2) is 60.8 Å². The fourth-order valence-corrected chi connectivity index (χ4v) is 2.83. The summed E-state index contributed by atoms with van der Waals surface area (Å²) in [5.41, 5.74) is 3.76. The molecule has 0 unspecified atom stereocenters. The van der Waals surface area contributed by atoms with Crippen LogP contribution in [-0.4, -0.2) is 25.5 Å². The van der Waals surface area contributed by atoms with Crippen molar-refractivity contribution in [2.24, 2.45) is 0 Å². The van der Waals surface area contributed by atoms with Gasteiger partial charge in [-0.25, -0.2) is 9.50 Å². The summed E-state index contributed by atoms with van der Waals surface area (Å²) in [5.74, 6) is -0.307. The molecule has 6 nitrogen and oxygen atoms in total. The van der Waals surface area contributed by atoms with Gasteiger partial charge in [-0.15, -0.1) is 0 Å². The molecule has 26 heavy (non-hydrogen) atoms. The quantitative estimate of drug-likeness (QED) is 0.597. The fourth-order valence-electron chi connectivity index (χ4n) is 2.64. The lowest BCUT2D eigenvalue weighted by Crippen LogP contribution is -2.15. The van der Waals surface area contributed by atoms with Gasteiger partial charge in [0.1, 0.15) is 11.4 Å². The minimum absolute atomic E-state index is 0.307. The number of anilines is 1. The molecule has 0 saturated carbocycles. The highest BCUT2D eigenvalue weighted by Crippen LogP contribution is 2.19. The van der Waals surface area contributed by atoms with Gasteiger partial charge in [-0.3, -0.25) is 9.78 Å². The number of hydrogen-bond acceptors (Lipinski definition) is 4. The molecule has 7 heteroatoms. The number of benzene rings is 1. The van der Waals surface area contributed by atoms with Crippen LogP contribution in [0.1, 0.15) is 16.2 Å². The molecule has 3 heterocycles. The first kappa shape index (κ1) is 16.2. The maximum Gasteiger partial charge on any atom is 0.274 e. The first-order valence-corrected chi connectivity index (χ1v) is 8.34. The summed E-state index contributed by atoms with van der Waals surface area (Å²) in [5, 5.41) is 7.88. The minimum Gasteiger partial charge on any atom is -0.321 e. The van der Waals surface area contributed by atoms with Crippen molar-refractivity contribution in [3.63, 3.8) is 0 Å². The smallest absolute Gasteiger partial charge is 0.274 e. The predicted octanol–water partition coefficient (Wildman–Crippen LogP) is 4.01. The standard InChI is InChI=1S/C19H14ClN5O/c1-12-9-17(19(26)22-14-6-4-5-13(20)10-14)23-18-11-16(24-25(12)18)15-7-2-3-8-21-15/h2-11H,1H3,(H,22,26). The molecule has 0 bridgehead atoms. The molecule has 128 valence electrons. The van der Waals surface area contributed by atoms with E-state index in [1.54, 1.807) is 41.0 Å². The Bertz CT molecular complexity index is 1110. The molecule has 0 saturated heterocycles. The van der Waals surface area contributed by atoms with Gasteiger partial charge in [-0.05, 0) is 43.3 Å². The summed E-state index contributed by atoms with van der Waals surface area (Å²) in [6.45, 7) is 1.88. The van der Waals surface area contributed by atoms with E-state index in [0.29, 0.717) is 27.7 Å². The summed E-state index contributed by atoms with van der Waals surface area (Å²) in [6, 6.07) is 16.1. The van der Waals surface area contributed by atoms with E-state index in [4.69, 9.17) is 11.6 Å². The summed E-state index contributed by atoms with van der Waals surface area (Å²) >= 11 is 5.95. The molecule has 1 N–H and O–H groups in total. The maximum atomic E-state index is 12.5. The summed E-state index contributed by atoms with van der Waals surface area (Å²) in [6.07, 6.45) is 1.71. The fraction of sp³-hybridized carbons (Fsp3) is 0.0526. The molecule has 0 aliphatic rings. The Morgan fingerprint density at radius 1 is 1.08 bits per heavy atom. The Kier molecular flexibility index (Phi) is 4.10. The first-order valence-electron chi connectivity index (χ1n) is 7.96. The van der Waals surface area contributed by atoms with Crippen molar-refractivity contribution in [3.8, 4) is 11.4 Å².